The summed E-state index contributed by atoms with van der Waals surface area (Å²) in [6.07, 6.45) is 6.50. The predicted molar refractivity (Wildman–Crippen MR) is 50.9 cm³/mol. The van der Waals surface area contributed by atoms with Gasteiger partial charge in [0.25, 0.3) is 5.91 Å². The zero-order chi connectivity index (χ0) is 9.42. The van der Waals surface area contributed by atoms with E-state index in [1.807, 2.05) is 0 Å². The minimum Gasteiger partial charge on any atom is -0.324 e. The molecule has 0 saturated heterocycles. The van der Waals surface area contributed by atoms with Gasteiger partial charge in [-0.25, -0.2) is 0 Å². The summed E-state index contributed by atoms with van der Waals surface area (Å²) in [6, 6.07) is 0. The standard InChI is InChI=1S/C9H6BrNO2/c10-6-4-5-7(11-9(6)13)2-1-3-8(5)12/h1-5H,(H,11,13). The molecular formula is C9H6BrNO2. The van der Waals surface area contributed by atoms with Gasteiger partial charge in [0, 0.05) is 5.70 Å². The highest BCUT2D eigenvalue weighted by Crippen LogP contribution is 2.25. The van der Waals surface area contributed by atoms with E-state index in [0.29, 0.717) is 10.2 Å². The Morgan fingerprint density at radius 1 is 1.38 bits per heavy atom. The zero-order valence-electron chi connectivity index (χ0n) is 6.58. The lowest BCUT2D eigenvalue weighted by atomic mass is 9.93. The van der Waals surface area contributed by atoms with E-state index in [1.54, 1.807) is 18.2 Å². The fraction of sp³-hybridized carbons (Fsp3) is 0.111. The largest absolute Gasteiger partial charge is 0.324 e. The highest BCUT2D eigenvalue weighted by Gasteiger charge is 2.28. The summed E-state index contributed by atoms with van der Waals surface area (Å²) in [5.74, 6) is -0.530. The van der Waals surface area contributed by atoms with Crippen molar-refractivity contribution in [2.24, 2.45) is 5.92 Å². The van der Waals surface area contributed by atoms with Gasteiger partial charge in [0.1, 0.15) is 0 Å². The van der Waals surface area contributed by atoms with Crippen LogP contribution in [0.1, 0.15) is 0 Å². The molecule has 2 aliphatic rings. The Labute approximate surface area is 83.3 Å². The fourth-order valence-electron chi connectivity index (χ4n) is 1.31. The second kappa shape index (κ2) is 2.96. The molecule has 1 unspecified atom stereocenters. The summed E-state index contributed by atoms with van der Waals surface area (Å²) in [5.41, 5.74) is 0.653. The maximum absolute atomic E-state index is 11.3. The van der Waals surface area contributed by atoms with Crippen molar-refractivity contribution in [3.8, 4) is 0 Å². The lowest BCUT2D eigenvalue weighted by Gasteiger charge is -2.22. The minimum atomic E-state index is -0.322. The lowest BCUT2D eigenvalue weighted by molar-refractivity contribution is -0.118. The van der Waals surface area contributed by atoms with Gasteiger partial charge in [-0.2, -0.15) is 0 Å². The van der Waals surface area contributed by atoms with Crippen LogP contribution in [0.25, 0.3) is 0 Å². The summed E-state index contributed by atoms with van der Waals surface area (Å²) < 4.78 is 0.415. The van der Waals surface area contributed by atoms with Crippen LogP contribution in [0, 0.1) is 5.92 Å². The summed E-state index contributed by atoms with van der Waals surface area (Å²) >= 11 is 3.09. The molecule has 2 rings (SSSR count). The van der Waals surface area contributed by atoms with Crippen LogP contribution in [0.4, 0.5) is 0 Å². The van der Waals surface area contributed by atoms with Gasteiger partial charge >= 0.3 is 0 Å². The first kappa shape index (κ1) is 8.44. The molecule has 3 nitrogen and oxygen atoms in total. The Hall–Kier alpha value is -1.16. The van der Waals surface area contributed by atoms with Gasteiger partial charge in [0.2, 0.25) is 0 Å². The topological polar surface area (TPSA) is 46.2 Å². The van der Waals surface area contributed by atoms with E-state index in [-0.39, 0.29) is 17.6 Å². The molecule has 1 aliphatic carbocycles. The van der Waals surface area contributed by atoms with Crippen molar-refractivity contribution in [3.05, 3.63) is 34.5 Å². The Balaban J connectivity index is 2.44. The first-order chi connectivity index (χ1) is 6.18. The number of halogens is 1. The molecule has 0 bridgehead atoms. The maximum atomic E-state index is 11.3. The molecule has 1 amide bonds. The molecule has 4 heteroatoms. The number of allylic oxidation sites excluding steroid dienone is 4. The Bertz CT molecular complexity index is 379. The van der Waals surface area contributed by atoms with E-state index in [0.717, 1.165) is 0 Å². The van der Waals surface area contributed by atoms with Crippen LogP contribution in [0.5, 0.6) is 0 Å². The van der Waals surface area contributed by atoms with Crippen molar-refractivity contribution in [2.75, 3.05) is 0 Å². The number of ketones is 1. The summed E-state index contributed by atoms with van der Waals surface area (Å²) in [5, 5.41) is 2.63. The van der Waals surface area contributed by atoms with Crippen molar-refractivity contribution in [1.82, 2.24) is 5.32 Å². The van der Waals surface area contributed by atoms with Crippen molar-refractivity contribution < 1.29 is 9.59 Å². The molecule has 1 aliphatic heterocycles. The summed E-state index contributed by atoms with van der Waals surface area (Å²) in [7, 11) is 0. The molecule has 0 radical (unpaired) electrons. The second-order valence-electron chi connectivity index (χ2n) is 2.83. The molecule has 66 valence electrons. The highest BCUT2D eigenvalue weighted by molar-refractivity contribution is 9.12. The Morgan fingerprint density at radius 3 is 2.92 bits per heavy atom. The second-order valence-corrected chi connectivity index (χ2v) is 3.68. The van der Waals surface area contributed by atoms with Crippen LogP contribution >= 0.6 is 15.9 Å². The van der Waals surface area contributed by atoms with Crippen LogP contribution in [-0.2, 0) is 9.59 Å². The number of hydrogen-bond donors (Lipinski definition) is 1. The van der Waals surface area contributed by atoms with Crippen LogP contribution < -0.4 is 5.32 Å². The van der Waals surface area contributed by atoms with Crippen molar-refractivity contribution in [2.45, 2.75) is 0 Å². The molecule has 0 aromatic rings. The molecular weight excluding hydrogens is 234 g/mol. The smallest absolute Gasteiger partial charge is 0.262 e. The van der Waals surface area contributed by atoms with Gasteiger partial charge in [-0.15, -0.1) is 0 Å². The zero-order valence-corrected chi connectivity index (χ0v) is 8.17. The monoisotopic (exact) mass is 239 g/mol. The molecule has 1 heterocycles. The maximum Gasteiger partial charge on any atom is 0.262 e. The number of nitrogens with one attached hydrogen (secondary N) is 1. The van der Waals surface area contributed by atoms with Crippen LogP contribution in [0.15, 0.2) is 34.5 Å². The summed E-state index contributed by atoms with van der Waals surface area (Å²) in [4.78, 5) is 22.5. The van der Waals surface area contributed by atoms with Gasteiger partial charge in [-0.3, -0.25) is 9.59 Å². The Morgan fingerprint density at radius 2 is 2.15 bits per heavy atom. The number of amides is 1. The third-order valence-electron chi connectivity index (χ3n) is 1.97. The van der Waals surface area contributed by atoms with Gasteiger partial charge < -0.3 is 5.32 Å². The first-order valence-electron chi connectivity index (χ1n) is 3.79. The average Bonchev–Trinajstić information content (AvgIpc) is 2.09. The van der Waals surface area contributed by atoms with E-state index < -0.39 is 0 Å². The number of hydrogen-bond acceptors (Lipinski definition) is 2. The van der Waals surface area contributed by atoms with E-state index in [9.17, 15) is 9.59 Å². The Kier molecular flexibility index (Phi) is 1.92. The van der Waals surface area contributed by atoms with Crippen LogP contribution in [0.3, 0.4) is 0 Å². The van der Waals surface area contributed by atoms with Gasteiger partial charge in [0.05, 0.1) is 10.4 Å². The van der Waals surface area contributed by atoms with Crippen LogP contribution in [0.2, 0.25) is 0 Å². The first-order valence-corrected chi connectivity index (χ1v) is 4.58. The minimum absolute atomic E-state index is 0.00514. The quantitative estimate of drug-likeness (QED) is 0.687. The lowest BCUT2D eigenvalue weighted by Crippen LogP contribution is -2.35. The van der Waals surface area contributed by atoms with Crippen molar-refractivity contribution in [1.29, 1.82) is 0 Å². The highest BCUT2D eigenvalue weighted by atomic mass is 79.9. The van der Waals surface area contributed by atoms with Gasteiger partial charge in [-0.1, -0.05) is 6.08 Å². The molecule has 0 fully saturated rings. The van der Waals surface area contributed by atoms with Gasteiger partial charge in [-0.05, 0) is 34.2 Å². The molecule has 1 atom stereocenters. The van der Waals surface area contributed by atoms with E-state index in [1.165, 1.54) is 6.08 Å². The summed E-state index contributed by atoms with van der Waals surface area (Å²) in [6.45, 7) is 0. The number of carbonyl (C=O) groups is 2. The van der Waals surface area contributed by atoms with Gasteiger partial charge in [0.15, 0.2) is 5.78 Å². The van der Waals surface area contributed by atoms with Crippen molar-refractivity contribution in [3.63, 3.8) is 0 Å². The number of fused-ring (bicyclic) bond motifs is 1. The van der Waals surface area contributed by atoms with Crippen molar-refractivity contribution >= 4 is 27.6 Å². The fourth-order valence-corrected chi connectivity index (χ4v) is 1.67. The average molecular weight is 240 g/mol. The molecule has 0 spiro atoms. The molecule has 0 aromatic carbocycles. The molecule has 0 saturated carbocycles. The SMILES string of the molecule is O=C1NC2=CC=CC(=O)C2C=C1Br. The third-order valence-corrected chi connectivity index (χ3v) is 2.59. The predicted octanol–water partition coefficient (Wildman–Crippen LogP) is 1.03. The normalized spacial score (nSPS) is 26.1. The van der Waals surface area contributed by atoms with E-state index in [2.05, 4.69) is 21.2 Å². The van der Waals surface area contributed by atoms with Crippen LogP contribution in [-0.4, -0.2) is 11.7 Å². The molecule has 1 N–H and O–H groups in total. The van der Waals surface area contributed by atoms with E-state index in [4.69, 9.17) is 0 Å². The molecule has 0 aromatic heterocycles. The number of carbonyl (C=O) groups excluding carboxylic acids is 2. The number of rotatable bonds is 0. The molecule has 13 heavy (non-hydrogen) atoms. The third kappa shape index (κ3) is 1.37. The van der Waals surface area contributed by atoms with E-state index >= 15 is 0 Å².